The minimum Gasteiger partial charge on any atom is -0.481 e. The fraction of sp³-hybridized carbons (Fsp3) is 0.167. The lowest BCUT2D eigenvalue weighted by Gasteiger charge is -2.08. The van der Waals surface area contributed by atoms with Gasteiger partial charge in [-0.2, -0.15) is 0 Å². The number of hydrogen-bond donors (Lipinski definition) is 2. The van der Waals surface area contributed by atoms with Gasteiger partial charge in [0.05, 0.1) is 7.11 Å². The first-order valence-electron chi connectivity index (χ1n) is 5.69. The van der Waals surface area contributed by atoms with Crippen LogP contribution in [0.2, 0.25) is 0 Å². The van der Waals surface area contributed by atoms with E-state index < -0.39 is 15.5 Å². The minimum atomic E-state index is -3.89. The summed E-state index contributed by atoms with van der Waals surface area (Å²) in [6.07, 6.45) is 4.05. The van der Waals surface area contributed by atoms with E-state index in [9.17, 15) is 13.2 Å². The number of H-pyrrole nitrogens is 1. The van der Waals surface area contributed by atoms with Crippen molar-refractivity contribution in [2.24, 2.45) is 0 Å². The predicted octanol–water partition coefficient (Wildman–Crippen LogP) is 0.257. The number of aromatic nitrogens is 2. The van der Waals surface area contributed by atoms with Gasteiger partial charge in [-0.05, 0) is 6.07 Å². The molecule has 0 radical (unpaired) electrons. The van der Waals surface area contributed by atoms with Gasteiger partial charge in [-0.15, -0.1) is 0 Å². The summed E-state index contributed by atoms with van der Waals surface area (Å²) in [7, 11) is -2.44. The quantitative estimate of drug-likeness (QED) is 0.823. The summed E-state index contributed by atoms with van der Waals surface area (Å²) >= 11 is 0. The van der Waals surface area contributed by atoms with Crippen LogP contribution in [0.5, 0.6) is 5.88 Å². The van der Waals surface area contributed by atoms with Crippen molar-refractivity contribution in [1.29, 1.82) is 0 Å². The molecule has 0 saturated carbocycles. The Morgan fingerprint density at radius 1 is 1.40 bits per heavy atom. The van der Waals surface area contributed by atoms with E-state index in [1.807, 2.05) is 0 Å². The lowest BCUT2D eigenvalue weighted by molar-refractivity contribution is 0.392. The van der Waals surface area contributed by atoms with Gasteiger partial charge in [0.1, 0.15) is 4.90 Å². The first-order valence-corrected chi connectivity index (χ1v) is 7.17. The molecule has 2 heterocycles. The Bertz CT molecular complexity index is 755. The average Bonchev–Trinajstić information content (AvgIpc) is 2.46. The van der Waals surface area contributed by atoms with Crippen LogP contribution in [-0.4, -0.2) is 25.5 Å². The highest BCUT2D eigenvalue weighted by Gasteiger charge is 2.18. The summed E-state index contributed by atoms with van der Waals surface area (Å²) < 4.78 is 31.4. The van der Waals surface area contributed by atoms with Crippen LogP contribution in [-0.2, 0) is 16.6 Å². The van der Waals surface area contributed by atoms with Gasteiger partial charge in [0.25, 0.3) is 0 Å². The van der Waals surface area contributed by atoms with Crippen molar-refractivity contribution >= 4 is 10.0 Å². The molecule has 2 rings (SSSR count). The van der Waals surface area contributed by atoms with Crippen LogP contribution < -0.4 is 14.9 Å². The lowest BCUT2D eigenvalue weighted by atomic mass is 10.3. The van der Waals surface area contributed by atoms with Crippen LogP contribution in [0.4, 0.5) is 0 Å². The molecule has 0 unspecified atom stereocenters. The van der Waals surface area contributed by atoms with Gasteiger partial charge in [-0.3, -0.25) is 4.79 Å². The maximum absolute atomic E-state index is 12.0. The molecule has 0 amide bonds. The molecular formula is C12H13N3O4S. The summed E-state index contributed by atoms with van der Waals surface area (Å²) in [5.41, 5.74) is 0.000311. The molecule has 2 aromatic heterocycles. The second-order valence-electron chi connectivity index (χ2n) is 3.87. The Morgan fingerprint density at radius 3 is 2.90 bits per heavy atom. The van der Waals surface area contributed by atoms with Gasteiger partial charge in [0.15, 0.2) is 0 Å². The standard InChI is InChI=1S/C12H13N3O4S/c1-19-12-9(3-2-5-14-12)7-15-20(17,18)11-8-13-6-4-10(11)16/h2-6,8,15H,7H2,1H3,(H,13,16). The third kappa shape index (κ3) is 3.03. The number of hydrogen-bond acceptors (Lipinski definition) is 5. The molecule has 0 aliphatic heterocycles. The van der Waals surface area contributed by atoms with E-state index in [-0.39, 0.29) is 11.4 Å². The summed E-state index contributed by atoms with van der Waals surface area (Å²) in [5, 5.41) is 0. The number of nitrogens with one attached hydrogen (secondary N) is 2. The molecule has 20 heavy (non-hydrogen) atoms. The van der Waals surface area contributed by atoms with E-state index in [2.05, 4.69) is 14.7 Å². The van der Waals surface area contributed by atoms with Crippen molar-refractivity contribution in [1.82, 2.24) is 14.7 Å². The second-order valence-corrected chi connectivity index (χ2v) is 5.60. The van der Waals surface area contributed by atoms with Gasteiger partial charge in [-0.1, -0.05) is 6.07 Å². The number of methoxy groups -OCH3 is 1. The summed E-state index contributed by atoms with van der Waals surface area (Å²) in [5.74, 6) is 0.331. The topological polar surface area (TPSA) is 101 Å². The van der Waals surface area contributed by atoms with E-state index in [1.165, 1.54) is 13.3 Å². The first kappa shape index (κ1) is 14.2. The number of aromatic amines is 1. The molecule has 0 aliphatic rings. The maximum Gasteiger partial charge on any atom is 0.246 e. The molecule has 0 atom stereocenters. The van der Waals surface area contributed by atoms with Crippen molar-refractivity contribution in [3.8, 4) is 5.88 Å². The molecule has 106 valence electrons. The zero-order valence-electron chi connectivity index (χ0n) is 10.7. The van der Waals surface area contributed by atoms with E-state index >= 15 is 0 Å². The van der Waals surface area contributed by atoms with Gasteiger partial charge >= 0.3 is 0 Å². The molecule has 2 aromatic rings. The van der Waals surface area contributed by atoms with Crippen molar-refractivity contribution in [2.75, 3.05) is 7.11 Å². The second kappa shape index (κ2) is 5.85. The Labute approximate surface area is 115 Å². The van der Waals surface area contributed by atoms with E-state index in [0.29, 0.717) is 11.4 Å². The van der Waals surface area contributed by atoms with Crippen LogP contribution in [0.3, 0.4) is 0 Å². The molecule has 8 heteroatoms. The van der Waals surface area contributed by atoms with Gasteiger partial charge in [0, 0.05) is 36.8 Å². The highest BCUT2D eigenvalue weighted by atomic mass is 32.2. The Hall–Kier alpha value is -2.19. The Morgan fingerprint density at radius 2 is 2.20 bits per heavy atom. The maximum atomic E-state index is 12.0. The minimum absolute atomic E-state index is 0.0202. The number of rotatable bonds is 5. The van der Waals surface area contributed by atoms with E-state index in [0.717, 1.165) is 12.3 Å². The van der Waals surface area contributed by atoms with Crippen molar-refractivity contribution in [2.45, 2.75) is 11.4 Å². The van der Waals surface area contributed by atoms with E-state index in [1.54, 1.807) is 18.3 Å². The molecule has 0 aromatic carbocycles. The fourth-order valence-corrected chi connectivity index (χ4v) is 2.66. The molecule has 0 bridgehead atoms. The van der Waals surface area contributed by atoms with Crippen LogP contribution >= 0.6 is 0 Å². The van der Waals surface area contributed by atoms with Crippen LogP contribution in [0.25, 0.3) is 0 Å². The smallest absolute Gasteiger partial charge is 0.246 e. The fourth-order valence-electron chi connectivity index (χ4n) is 1.60. The average molecular weight is 295 g/mol. The number of nitrogens with zero attached hydrogens (tertiary/aromatic N) is 1. The SMILES string of the molecule is COc1ncccc1CNS(=O)(=O)c1c[nH]ccc1=O. The largest absolute Gasteiger partial charge is 0.481 e. The van der Waals surface area contributed by atoms with Crippen LogP contribution in [0, 0.1) is 0 Å². The zero-order valence-corrected chi connectivity index (χ0v) is 11.5. The molecule has 0 fully saturated rings. The normalized spacial score (nSPS) is 11.2. The molecule has 0 spiro atoms. The highest BCUT2D eigenvalue weighted by Crippen LogP contribution is 2.14. The van der Waals surface area contributed by atoms with Crippen LogP contribution in [0.15, 0.2) is 46.5 Å². The van der Waals surface area contributed by atoms with Crippen LogP contribution in [0.1, 0.15) is 5.56 Å². The lowest BCUT2D eigenvalue weighted by Crippen LogP contribution is -2.28. The molecule has 0 aliphatic carbocycles. The summed E-state index contributed by atoms with van der Waals surface area (Å²) in [6, 6.07) is 4.50. The summed E-state index contributed by atoms with van der Waals surface area (Å²) in [4.78, 5) is 17.7. The Kier molecular flexibility index (Phi) is 4.16. The van der Waals surface area contributed by atoms with Gasteiger partial charge in [0.2, 0.25) is 21.3 Å². The number of sulfonamides is 1. The van der Waals surface area contributed by atoms with Gasteiger partial charge < -0.3 is 9.72 Å². The third-order valence-electron chi connectivity index (χ3n) is 2.57. The Balaban J connectivity index is 2.22. The molecule has 0 saturated heterocycles. The zero-order chi connectivity index (χ0) is 14.6. The first-order chi connectivity index (χ1) is 9.54. The van der Waals surface area contributed by atoms with Crippen molar-refractivity contribution in [3.63, 3.8) is 0 Å². The van der Waals surface area contributed by atoms with Crippen molar-refractivity contribution in [3.05, 3.63) is 52.6 Å². The monoisotopic (exact) mass is 295 g/mol. The molecule has 7 nitrogen and oxygen atoms in total. The third-order valence-corrected chi connectivity index (χ3v) is 4.00. The molecular weight excluding hydrogens is 282 g/mol. The molecule has 2 N–H and O–H groups in total. The van der Waals surface area contributed by atoms with Gasteiger partial charge in [-0.25, -0.2) is 18.1 Å². The number of ether oxygens (including phenoxy) is 1. The van der Waals surface area contributed by atoms with Crippen molar-refractivity contribution < 1.29 is 13.2 Å². The summed E-state index contributed by atoms with van der Waals surface area (Å²) in [6.45, 7) is -0.0202. The highest BCUT2D eigenvalue weighted by molar-refractivity contribution is 7.89. The van der Waals surface area contributed by atoms with E-state index in [4.69, 9.17) is 4.74 Å². The number of pyridine rings is 2. The predicted molar refractivity (Wildman–Crippen MR) is 71.9 cm³/mol.